The van der Waals surface area contributed by atoms with Crippen molar-refractivity contribution in [2.45, 2.75) is 38.4 Å². The Kier molecular flexibility index (Phi) is 4.86. The first-order valence-electron chi connectivity index (χ1n) is 9.28. The maximum atomic E-state index is 13.1. The number of piperidine rings is 1. The van der Waals surface area contributed by atoms with Crippen LogP contribution >= 0.6 is 0 Å². The van der Waals surface area contributed by atoms with Gasteiger partial charge in [-0.25, -0.2) is 0 Å². The van der Waals surface area contributed by atoms with Crippen LogP contribution in [0.2, 0.25) is 0 Å². The molecule has 1 aliphatic heterocycles. The van der Waals surface area contributed by atoms with Crippen LogP contribution in [-0.2, 0) is 13.1 Å². The van der Waals surface area contributed by atoms with Gasteiger partial charge in [0.05, 0.1) is 12.6 Å². The van der Waals surface area contributed by atoms with E-state index < -0.39 is 0 Å². The highest BCUT2D eigenvalue weighted by Gasteiger charge is 2.27. The van der Waals surface area contributed by atoms with Gasteiger partial charge in [0.2, 0.25) is 0 Å². The first-order valence-corrected chi connectivity index (χ1v) is 9.28. The Morgan fingerprint density at radius 2 is 1.85 bits per heavy atom. The molecule has 134 valence electrons. The van der Waals surface area contributed by atoms with Gasteiger partial charge in [-0.3, -0.25) is 9.48 Å². The molecule has 1 atom stereocenters. The van der Waals surface area contributed by atoms with Crippen LogP contribution in [0.15, 0.2) is 67.3 Å². The molecule has 3 heterocycles. The van der Waals surface area contributed by atoms with Gasteiger partial charge < -0.3 is 9.47 Å². The second-order valence-electron chi connectivity index (χ2n) is 6.93. The number of amides is 1. The summed E-state index contributed by atoms with van der Waals surface area (Å²) in [5, 5.41) is 4.30. The Bertz CT molecular complexity index is 822. The van der Waals surface area contributed by atoms with Crippen molar-refractivity contribution in [3.63, 3.8) is 0 Å². The summed E-state index contributed by atoms with van der Waals surface area (Å²) in [4.78, 5) is 15.1. The molecule has 1 fully saturated rings. The number of hydrogen-bond donors (Lipinski definition) is 0. The minimum Gasteiger partial charge on any atom is -0.350 e. The van der Waals surface area contributed by atoms with Crippen molar-refractivity contribution in [3.8, 4) is 0 Å². The number of carbonyl (C=O) groups excluding carboxylic acids is 1. The van der Waals surface area contributed by atoms with E-state index in [4.69, 9.17) is 0 Å². The molecule has 0 saturated carbocycles. The summed E-state index contributed by atoms with van der Waals surface area (Å²) in [6.07, 6.45) is 11.1. The predicted molar refractivity (Wildman–Crippen MR) is 101 cm³/mol. The monoisotopic (exact) mass is 348 g/mol. The zero-order valence-corrected chi connectivity index (χ0v) is 14.9. The fourth-order valence-electron chi connectivity index (χ4n) is 3.69. The summed E-state index contributed by atoms with van der Waals surface area (Å²) in [5.74, 6) is 0.134. The van der Waals surface area contributed by atoms with Crippen LogP contribution in [0, 0.1) is 0 Å². The van der Waals surface area contributed by atoms with E-state index in [1.165, 1.54) is 12.0 Å². The molecule has 0 radical (unpaired) electrons. The zero-order chi connectivity index (χ0) is 17.8. The van der Waals surface area contributed by atoms with Gasteiger partial charge in [-0.05, 0) is 55.2 Å². The van der Waals surface area contributed by atoms with Crippen LogP contribution in [-0.4, -0.2) is 37.7 Å². The highest BCUT2D eigenvalue weighted by Crippen LogP contribution is 2.21. The lowest BCUT2D eigenvalue weighted by Crippen LogP contribution is -2.45. The summed E-state index contributed by atoms with van der Waals surface area (Å²) < 4.78 is 4.05. The number of hydrogen-bond acceptors (Lipinski definition) is 2. The molecule has 1 aliphatic rings. The molecule has 0 aliphatic carbocycles. The van der Waals surface area contributed by atoms with Crippen molar-refractivity contribution in [2.75, 3.05) is 6.54 Å². The number of nitrogens with zero attached hydrogens (tertiary/aromatic N) is 4. The Hall–Kier alpha value is -2.82. The van der Waals surface area contributed by atoms with Crippen LogP contribution in [0.5, 0.6) is 0 Å². The third-order valence-corrected chi connectivity index (χ3v) is 5.08. The van der Waals surface area contributed by atoms with E-state index in [-0.39, 0.29) is 11.9 Å². The van der Waals surface area contributed by atoms with Crippen LogP contribution in [0.4, 0.5) is 0 Å². The highest BCUT2D eigenvalue weighted by molar-refractivity contribution is 5.94. The van der Waals surface area contributed by atoms with Gasteiger partial charge in [0.15, 0.2) is 0 Å². The van der Waals surface area contributed by atoms with E-state index in [0.29, 0.717) is 0 Å². The second kappa shape index (κ2) is 7.60. The number of likely N-dealkylation sites (tertiary alicyclic amines) is 1. The lowest BCUT2D eigenvalue weighted by atomic mass is 10.0. The molecule has 1 saturated heterocycles. The molecule has 4 rings (SSSR count). The van der Waals surface area contributed by atoms with Crippen molar-refractivity contribution in [3.05, 3.63) is 78.4 Å². The molecule has 0 bridgehead atoms. The Morgan fingerprint density at radius 3 is 2.58 bits per heavy atom. The molecule has 5 heteroatoms. The minimum absolute atomic E-state index is 0.134. The molecule has 1 aromatic carbocycles. The smallest absolute Gasteiger partial charge is 0.254 e. The molecule has 2 aromatic heterocycles. The third-order valence-electron chi connectivity index (χ3n) is 5.08. The standard InChI is InChI=1S/C21H24N4O/c26-21(19-9-7-18(8-10-19)16-23-12-3-4-13-23)25-15-2-1-6-20(25)17-24-14-5-11-22-24/h3-5,7-14,20H,1-2,6,15-17H2/t20-/m1/s1. The summed E-state index contributed by atoms with van der Waals surface area (Å²) in [7, 11) is 0. The minimum atomic E-state index is 0.134. The Labute approximate surface area is 153 Å². The number of benzene rings is 1. The van der Waals surface area contributed by atoms with E-state index in [1.807, 2.05) is 58.5 Å². The highest BCUT2D eigenvalue weighted by atomic mass is 16.2. The number of carbonyl (C=O) groups is 1. The predicted octanol–water partition coefficient (Wildman–Crippen LogP) is 3.43. The van der Waals surface area contributed by atoms with Crippen molar-refractivity contribution in [2.24, 2.45) is 0 Å². The molecule has 1 amide bonds. The van der Waals surface area contributed by atoms with Gasteiger partial charge in [0.1, 0.15) is 0 Å². The molecule has 0 N–H and O–H groups in total. The van der Waals surface area contributed by atoms with Crippen LogP contribution in [0.25, 0.3) is 0 Å². The molecule has 3 aromatic rings. The fraction of sp³-hybridized carbons (Fsp3) is 0.333. The quantitative estimate of drug-likeness (QED) is 0.709. The van der Waals surface area contributed by atoms with Crippen molar-refractivity contribution >= 4 is 5.91 Å². The van der Waals surface area contributed by atoms with Crippen molar-refractivity contribution in [1.29, 1.82) is 0 Å². The van der Waals surface area contributed by atoms with E-state index >= 15 is 0 Å². The summed E-state index contributed by atoms with van der Waals surface area (Å²) in [5.41, 5.74) is 1.97. The van der Waals surface area contributed by atoms with Crippen LogP contribution in [0.1, 0.15) is 35.2 Å². The second-order valence-corrected chi connectivity index (χ2v) is 6.93. The summed E-state index contributed by atoms with van der Waals surface area (Å²) >= 11 is 0. The lowest BCUT2D eigenvalue weighted by Gasteiger charge is -2.35. The first-order chi connectivity index (χ1) is 12.8. The van der Waals surface area contributed by atoms with Gasteiger partial charge in [0.25, 0.3) is 5.91 Å². The summed E-state index contributed by atoms with van der Waals surface area (Å²) in [6.45, 7) is 2.42. The van der Waals surface area contributed by atoms with Crippen LogP contribution in [0.3, 0.4) is 0 Å². The molecule has 0 spiro atoms. The van der Waals surface area contributed by atoms with E-state index in [9.17, 15) is 4.79 Å². The largest absolute Gasteiger partial charge is 0.350 e. The molecule has 5 nitrogen and oxygen atoms in total. The van der Waals surface area contributed by atoms with Gasteiger partial charge in [-0.15, -0.1) is 0 Å². The summed E-state index contributed by atoms with van der Waals surface area (Å²) in [6, 6.07) is 14.2. The first kappa shape index (κ1) is 16.6. The average molecular weight is 348 g/mol. The molecule has 0 unspecified atom stereocenters. The van der Waals surface area contributed by atoms with Crippen molar-refractivity contribution in [1.82, 2.24) is 19.2 Å². The number of rotatable bonds is 5. The SMILES string of the molecule is O=C(c1ccc(Cn2cccc2)cc1)N1CCCC[C@@H]1Cn1cccn1. The third kappa shape index (κ3) is 3.72. The van der Waals surface area contributed by atoms with Gasteiger partial charge in [0, 0.05) is 43.4 Å². The van der Waals surface area contributed by atoms with E-state index in [0.717, 1.165) is 38.0 Å². The molecular formula is C21H24N4O. The van der Waals surface area contributed by atoms with Crippen LogP contribution < -0.4 is 0 Å². The fourth-order valence-corrected chi connectivity index (χ4v) is 3.69. The Balaban J connectivity index is 1.46. The average Bonchev–Trinajstić information content (AvgIpc) is 3.37. The normalized spacial score (nSPS) is 17.4. The number of aromatic nitrogens is 3. The zero-order valence-electron chi connectivity index (χ0n) is 14.9. The topological polar surface area (TPSA) is 43.1 Å². The van der Waals surface area contributed by atoms with Gasteiger partial charge in [-0.2, -0.15) is 5.10 Å². The van der Waals surface area contributed by atoms with E-state index in [1.54, 1.807) is 6.20 Å². The lowest BCUT2D eigenvalue weighted by molar-refractivity contribution is 0.0584. The Morgan fingerprint density at radius 1 is 1.04 bits per heavy atom. The van der Waals surface area contributed by atoms with Gasteiger partial charge in [-0.1, -0.05) is 12.1 Å². The maximum Gasteiger partial charge on any atom is 0.254 e. The van der Waals surface area contributed by atoms with Crippen molar-refractivity contribution < 1.29 is 4.79 Å². The molecular weight excluding hydrogens is 324 g/mol. The molecule has 26 heavy (non-hydrogen) atoms. The maximum absolute atomic E-state index is 13.1. The van der Waals surface area contributed by atoms with E-state index in [2.05, 4.69) is 21.8 Å². The van der Waals surface area contributed by atoms with Gasteiger partial charge >= 0.3 is 0 Å².